The Morgan fingerprint density at radius 1 is 1.31 bits per heavy atom. The Balaban J connectivity index is 2.61. The third kappa shape index (κ3) is 4.30. The second-order valence-electron chi connectivity index (χ2n) is 4.45. The van der Waals surface area contributed by atoms with Gasteiger partial charge in [0.25, 0.3) is 0 Å². The Morgan fingerprint density at radius 3 is 2.56 bits per heavy atom. The van der Waals surface area contributed by atoms with Crippen LogP contribution in [0.15, 0.2) is 18.2 Å². The van der Waals surface area contributed by atoms with E-state index < -0.39 is 0 Å². The molecule has 0 unspecified atom stereocenters. The van der Waals surface area contributed by atoms with Crippen LogP contribution >= 0.6 is 23.2 Å². The molecule has 0 heterocycles. The number of nitrogens with one attached hydrogen (secondary N) is 1. The van der Waals surface area contributed by atoms with Crippen molar-refractivity contribution in [1.82, 2.24) is 5.32 Å². The molecule has 1 rings (SSSR count). The smallest absolute Gasteiger partial charge is 0.0465 e. The molecule has 0 atom stereocenters. The summed E-state index contributed by atoms with van der Waals surface area (Å²) in [7, 11) is 0. The summed E-state index contributed by atoms with van der Waals surface area (Å²) in [5.41, 5.74) is 0.912. The van der Waals surface area contributed by atoms with Crippen molar-refractivity contribution in [2.75, 3.05) is 6.61 Å². The van der Waals surface area contributed by atoms with Crippen LogP contribution in [0.4, 0.5) is 0 Å². The van der Waals surface area contributed by atoms with Gasteiger partial charge in [0, 0.05) is 28.7 Å². The lowest BCUT2D eigenvalue weighted by Crippen LogP contribution is -2.39. The van der Waals surface area contributed by atoms with Crippen LogP contribution in [0.5, 0.6) is 0 Å². The Kier molecular flexibility index (Phi) is 5.06. The standard InChI is InChI=1S/C12H17Cl2NO/c1-12(2,5-6-16)15-8-9-3-4-10(13)7-11(9)14/h3-4,7,15-16H,5-6,8H2,1-2H3. The molecule has 1 aromatic carbocycles. The first-order valence-corrected chi connectivity index (χ1v) is 6.00. The van der Waals surface area contributed by atoms with Crippen molar-refractivity contribution in [3.05, 3.63) is 33.8 Å². The fourth-order valence-corrected chi connectivity index (χ4v) is 1.84. The second-order valence-corrected chi connectivity index (χ2v) is 5.29. The first-order valence-electron chi connectivity index (χ1n) is 5.24. The summed E-state index contributed by atoms with van der Waals surface area (Å²) in [5, 5.41) is 13.6. The summed E-state index contributed by atoms with van der Waals surface area (Å²) < 4.78 is 0. The van der Waals surface area contributed by atoms with Gasteiger partial charge in [0.05, 0.1) is 0 Å². The number of benzene rings is 1. The highest BCUT2D eigenvalue weighted by Gasteiger charge is 2.16. The monoisotopic (exact) mass is 261 g/mol. The molecule has 16 heavy (non-hydrogen) atoms. The normalized spacial score (nSPS) is 11.8. The maximum atomic E-state index is 8.91. The highest BCUT2D eigenvalue weighted by molar-refractivity contribution is 6.35. The average molecular weight is 262 g/mol. The van der Waals surface area contributed by atoms with Crippen LogP contribution < -0.4 is 5.32 Å². The predicted octanol–water partition coefficient (Wildman–Crippen LogP) is 3.24. The minimum atomic E-state index is -0.0995. The molecule has 0 fully saturated rings. The molecule has 0 saturated carbocycles. The van der Waals surface area contributed by atoms with E-state index in [2.05, 4.69) is 5.32 Å². The van der Waals surface area contributed by atoms with Crippen LogP contribution in [0.2, 0.25) is 10.0 Å². The molecule has 0 amide bonds. The van der Waals surface area contributed by atoms with Crippen LogP contribution in [-0.4, -0.2) is 17.3 Å². The second kappa shape index (κ2) is 5.87. The Labute approximate surface area is 107 Å². The van der Waals surface area contributed by atoms with Crippen LogP contribution in [0, 0.1) is 0 Å². The van der Waals surface area contributed by atoms with Gasteiger partial charge in [-0.25, -0.2) is 0 Å². The van der Waals surface area contributed by atoms with Crippen LogP contribution in [-0.2, 0) is 6.54 Å². The van der Waals surface area contributed by atoms with Crippen molar-refractivity contribution >= 4 is 23.2 Å². The Bertz CT molecular complexity index is 353. The van der Waals surface area contributed by atoms with Crippen molar-refractivity contribution < 1.29 is 5.11 Å². The molecular formula is C12H17Cl2NO. The van der Waals surface area contributed by atoms with Crippen LogP contribution in [0.25, 0.3) is 0 Å². The third-order valence-corrected chi connectivity index (χ3v) is 3.10. The maximum Gasteiger partial charge on any atom is 0.0465 e. The molecule has 0 aliphatic heterocycles. The molecule has 90 valence electrons. The van der Waals surface area contributed by atoms with Crippen molar-refractivity contribution in [2.24, 2.45) is 0 Å². The van der Waals surface area contributed by atoms with Gasteiger partial charge in [-0.1, -0.05) is 29.3 Å². The number of halogens is 2. The summed E-state index contributed by atoms with van der Waals surface area (Å²) in [5.74, 6) is 0. The molecule has 0 aliphatic rings. The summed E-state index contributed by atoms with van der Waals surface area (Å²) in [6.07, 6.45) is 0.707. The summed E-state index contributed by atoms with van der Waals surface area (Å²) >= 11 is 11.9. The van der Waals surface area contributed by atoms with Crippen LogP contribution in [0.1, 0.15) is 25.8 Å². The molecule has 4 heteroatoms. The third-order valence-electron chi connectivity index (χ3n) is 2.51. The maximum absolute atomic E-state index is 8.91. The lowest BCUT2D eigenvalue weighted by atomic mass is 10.0. The molecule has 1 aromatic rings. The van der Waals surface area contributed by atoms with Crippen molar-refractivity contribution in [1.29, 1.82) is 0 Å². The highest BCUT2D eigenvalue weighted by Crippen LogP contribution is 2.21. The number of aliphatic hydroxyl groups is 1. The van der Waals surface area contributed by atoms with E-state index in [0.717, 1.165) is 5.56 Å². The molecule has 0 radical (unpaired) electrons. The number of hydrogen-bond acceptors (Lipinski definition) is 2. The fraction of sp³-hybridized carbons (Fsp3) is 0.500. The molecule has 2 N–H and O–H groups in total. The molecule has 0 bridgehead atoms. The summed E-state index contributed by atoms with van der Waals surface area (Å²) in [6, 6.07) is 5.47. The molecule has 2 nitrogen and oxygen atoms in total. The molecule has 0 saturated heterocycles. The highest BCUT2D eigenvalue weighted by atomic mass is 35.5. The lowest BCUT2D eigenvalue weighted by molar-refractivity contribution is 0.230. The zero-order valence-corrected chi connectivity index (χ0v) is 11.1. The van der Waals surface area contributed by atoms with Gasteiger partial charge in [0.15, 0.2) is 0 Å². The Hall–Kier alpha value is -0.280. The number of aliphatic hydroxyl groups excluding tert-OH is 1. The molecule has 0 aromatic heterocycles. The number of rotatable bonds is 5. The summed E-state index contributed by atoms with van der Waals surface area (Å²) in [4.78, 5) is 0. The van der Waals surface area contributed by atoms with E-state index in [1.807, 2.05) is 26.0 Å². The number of hydrogen-bond donors (Lipinski definition) is 2. The molecular weight excluding hydrogens is 245 g/mol. The van der Waals surface area contributed by atoms with E-state index >= 15 is 0 Å². The fourth-order valence-electron chi connectivity index (χ4n) is 1.37. The van der Waals surface area contributed by atoms with Crippen LogP contribution in [0.3, 0.4) is 0 Å². The minimum absolute atomic E-state index is 0.0995. The van der Waals surface area contributed by atoms with E-state index in [1.54, 1.807) is 6.07 Å². The van der Waals surface area contributed by atoms with Gasteiger partial charge in [-0.2, -0.15) is 0 Å². The topological polar surface area (TPSA) is 32.3 Å². The quantitative estimate of drug-likeness (QED) is 0.853. The van der Waals surface area contributed by atoms with E-state index in [0.29, 0.717) is 23.0 Å². The molecule has 0 aliphatic carbocycles. The first kappa shape index (κ1) is 13.8. The van der Waals surface area contributed by atoms with Crippen molar-refractivity contribution in [3.8, 4) is 0 Å². The minimum Gasteiger partial charge on any atom is -0.396 e. The van der Waals surface area contributed by atoms with Gasteiger partial charge in [-0.05, 0) is 38.0 Å². The first-order chi connectivity index (χ1) is 7.44. The van der Waals surface area contributed by atoms with E-state index in [-0.39, 0.29) is 12.1 Å². The van der Waals surface area contributed by atoms with Crippen molar-refractivity contribution in [3.63, 3.8) is 0 Å². The molecule has 0 spiro atoms. The van der Waals surface area contributed by atoms with Gasteiger partial charge < -0.3 is 10.4 Å². The van der Waals surface area contributed by atoms with Gasteiger partial charge in [-0.15, -0.1) is 0 Å². The van der Waals surface area contributed by atoms with Gasteiger partial charge >= 0.3 is 0 Å². The average Bonchev–Trinajstić information content (AvgIpc) is 2.16. The summed E-state index contributed by atoms with van der Waals surface area (Å²) in [6.45, 7) is 4.94. The van der Waals surface area contributed by atoms with Gasteiger partial charge in [-0.3, -0.25) is 0 Å². The van der Waals surface area contributed by atoms with E-state index in [1.165, 1.54) is 0 Å². The van der Waals surface area contributed by atoms with E-state index in [4.69, 9.17) is 28.3 Å². The SMILES string of the molecule is CC(C)(CCO)NCc1ccc(Cl)cc1Cl. The Morgan fingerprint density at radius 2 is 2.00 bits per heavy atom. The zero-order valence-electron chi connectivity index (χ0n) is 9.56. The lowest BCUT2D eigenvalue weighted by Gasteiger charge is -2.25. The van der Waals surface area contributed by atoms with Gasteiger partial charge in [0.2, 0.25) is 0 Å². The zero-order chi connectivity index (χ0) is 12.2. The van der Waals surface area contributed by atoms with Crippen molar-refractivity contribution in [2.45, 2.75) is 32.4 Å². The largest absolute Gasteiger partial charge is 0.396 e. The predicted molar refractivity (Wildman–Crippen MR) is 69.1 cm³/mol. The van der Waals surface area contributed by atoms with E-state index in [9.17, 15) is 0 Å². The van der Waals surface area contributed by atoms with Gasteiger partial charge in [0.1, 0.15) is 0 Å².